The van der Waals surface area contributed by atoms with Gasteiger partial charge in [-0.05, 0) is 12.5 Å². The first-order valence-electron chi connectivity index (χ1n) is 5.49. The van der Waals surface area contributed by atoms with Crippen LogP contribution in [0.15, 0.2) is 24.3 Å². The van der Waals surface area contributed by atoms with E-state index in [4.69, 9.17) is 5.84 Å². The number of hydrazine groups is 1. The van der Waals surface area contributed by atoms with E-state index in [0.717, 1.165) is 10.8 Å². The predicted molar refractivity (Wildman–Crippen MR) is 70.5 cm³/mol. The van der Waals surface area contributed by atoms with Gasteiger partial charge in [0.1, 0.15) is 0 Å². The fourth-order valence-corrected chi connectivity index (χ4v) is 2.38. The van der Waals surface area contributed by atoms with Crippen LogP contribution in [0, 0.1) is 6.92 Å². The topological polar surface area (TPSA) is 81.1 Å². The number of hydrogen-bond donors (Lipinski definition) is 2. The minimum Gasteiger partial charge on any atom is -0.298 e. The molecule has 0 radical (unpaired) electrons. The summed E-state index contributed by atoms with van der Waals surface area (Å²) in [7, 11) is 0. The molecule has 0 unspecified atom stereocenters. The fourth-order valence-electron chi connectivity index (χ4n) is 1.71. The Morgan fingerprint density at radius 3 is 2.78 bits per heavy atom. The molecule has 3 aromatic rings. The van der Waals surface area contributed by atoms with Crippen LogP contribution in [0.1, 0.15) is 17.0 Å². The van der Waals surface area contributed by atoms with Crippen LogP contribution in [-0.2, 0) is 6.42 Å². The molecule has 0 bridgehead atoms. The fraction of sp³-hybridized carbons (Fsp3) is 0.182. The number of hydrogen-bond acceptors (Lipinski definition) is 6. The van der Waals surface area contributed by atoms with Gasteiger partial charge in [0.15, 0.2) is 5.82 Å². The van der Waals surface area contributed by atoms with Crippen molar-refractivity contribution in [1.29, 1.82) is 0 Å². The maximum atomic E-state index is 5.33. The quantitative estimate of drug-likeness (QED) is 0.549. The minimum absolute atomic E-state index is 0.630. The molecule has 3 rings (SSSR count). The molecule has 0 fully saturated rings. The SMILES string of the molecule is Cc1ccc(Cc2nnc3sc(NN)nn23)cc1. The minimum atomic E-state index is 0.630. The van der Waals surface area contributed by atoms with Crippen LogP contribution in [0.3, 0.4) is 0 Å². The van der Waals surface area contributed by atoms with Crippen molar-refractivity contribution in [3.05, 3.63) is 41.2 Å². The summed E-state index contributed by atoms with van der Waals surface area (Å²) >= 11 is 1.37. The molecule has 2 heterocycles. The van der Waals surface area contributed by atoms with E-state index in [1.54, 1.807) is 4.52 Å². The third-order valence-electron chi connectivity index (χ3n) is 2.66. The molecular weight excluding hydrogens is 248 g/mol. The van der Waals surface area contributed by atoms with Crippen molar-refractivity contribution >= 4 is 21.4 Å². The van der Waals surface area contributed by atoms with Crippen LogP contribution in [0.25, 0.3) is 4.96 Å². The van der Waals surface area contributed by atoms with Crippen LogP contribution < -0.4 is 11.3 Å². The van der Waals surface area contributed by atoms with Gasteiger partial charge in [0, 0.05) is 6.42 Å². The number of nitrogens with zero attached hydrogens (tertiary/aromatic N) is 4. The summed E-state index contributed by atoms with van der Waals surface area (Å²) in [5.41, 5.74) is 4.95. The second-order valence-corrected chi connectivity index (χ2v) is 4.98. The van der Waals surface area contributed by atoms with Gasteiger partial charge >= 0.3 is 0 Å². The maximum absolute atomic E-state index is 5.33. The molecule has 2 aromatic heterocycles. The molecule has 0 saturated carbocycles. The third-order valence-corrected chi connectivity index (χ3v) is 3.49. The van der Waals surface area contributed by atoms with Gasteiger partial charge in [0.05, 0.1) is 0 Å². The Bertz CT molecular complexity index is 668. The molecular formula is C11H12N6S. The van der Waals surface area contributed by atoms with Gasteiger partial charge < -0.3 is 0 Å². The second-order valence-electron chi connectivity index (χ2n) is 4.02. The normalized spacial score (nSPS) is 11.0. The molecule has 0 aliphatic heterocycles. The highest BCUT2D eigenvalue weighted by molar-refractivity contribution is 7.20. The van der Waals surface area contributed by atoms with E-state index >= 15 is 0 Å². The lowest BCUT2D eigenvalue weighted by Crippen LogP contribution is -2.07. The summed E-state index contributed by atoms with van der Waals surface area (Å²) in [6.07, 6.45) is 0.704. The zero-order valence-electron chi connectivity index (χ0n) is 9.79. The Kier molecular flexibility index (Phi) is 2.69. The molecule has 6 nitrogen and oxygen atoms in total. The molecule has 3 N–H and O–H groups in total. The van der Waals surface area contributed by atoms with Crippen molar-refractivity contribution in [3.8, 4) is 0 Å². The summed E-state index contributed by atoms with van der Waals surface area (Å²) in [4.78, 5) is 0.741. The van der Waals surface area contributed by atoms with Crippen LogP contribution in [-0.4, -0.2) is 19.8 Å². The van der Waals surface area contributed by atoms with E-state index in [-0.39, 0.29) is 0 Å². The lowest BCUT2D eigenvalue weighted by molar-refractivity contribution is 0.852. The van der Waals surface area contributed by atoms with Crippen molar-refractivity contribution < 1.29 is 0 Å². The summed E-state index contributed by atoms with van der Waals surface area (Å²) in [6, 6.07) is 8.35. The predicted octanol–water partition coefficient (Wildman–Crippen LogP) is 1.37. The number of nitrogens with one attached hydrogen (secondary N) is 1. The molecule has 1 aromatic carbocycles. The van der Waals surface area contributed by atoms with E-state index in [1.807, 2.05) is 0 Å². The van der Waals surface area contributed by atoms with Crippen molar-refractivity contribution in [2.24, 2.45) is 5.84 Å². The highest BCUT2D eigenvalue weighted by Crippen LogP contribution is 2.18. The van der Waals surface area contributed by atoms with E-state index in [1.165, 1.54) is 22.5 Å². The van der Waals surface area contributed by atoms with Crippen LogP contribution in [0.4, 0.5) is 5.13 Å². The van der Waals surface area contributed by atoms with Crippen molar-refractivity contribution in [2.75, 3.05) is 5.43 Å². The average molecular weight is 260 g/mol. The highest BCUT2D eigenvalue weighted by Gasteiger charge is 2.11. The number of aryl methyl sites for hydroxylation is 1. The summed E-state index contributed by atoms with van der Waals surface area (Å²) in [5, 5.41) is 13.1. The van der Waals surface area contributed by atoms with E-state index < -0.39 is 0 Å². The Hall–Kier alpha value is -1.99. The highest BCUT2D eigenvalue weighted by atomic mass is 32.1. The standard InChI is InChI=1S/C11H12N6S/c1-7-2-4-8(5-3-7)6-9-14-15-11-17(9)16-10(13-12)18-11/h2-5H,6,12H2,1H3,(H,13,16). The van der Waals surface area contributed by atoms with Gasteiger partial charge in [-0.3, -0.25) is 5.43 Å². The van der Waals surface area contributed by atoms with Gasteiger partial charge in [-0.1, -0.05) is 41.2 Å². The Labute approximate surface area is 107 Å². The second kappa shape index (κ2) is 4.35. The molecule has 92 valence electrons. The van der Waals surface area contributed by atoms with Crippen LogP contribution >= 0.6 is 11.3 Å². The zero-order valence-corrected chi connectivity index (χ0v) is 10.6. The average Bonchev–Trinajstić information content (AvgIpc) is 2.93. The number of aromatic nitrogens is 4. The lowest BCUT2D eigenvalue weighted by Gasteiger charge is -1.99. The van der Waals surface area contributed by atoms with Gasteiger partial charge in [-0.25, -0.2) is 5.84 Å². The smallest absolute Gasteiger partial charge is 0.236 e. The Morgan fingerprint density at radius 2 is 2.06 bits per heavy atom. The van der Waals surface area contributed by atoms with Crippen molar-refractivity contribution in [1.82, 2.24) is 19.8 Å². The van der Waals surface area contributed by atoms with Gasteiger partial charge in [0.25, 0.3) is 0 Å². The number of fused-ring (bicyclic) bond motifs is 1. The lowest BCUT2D eigenvalue weighted by atomic mass is 10.1. The summed E-state index contributed by atoms with van der Waals surface area (Å²) in [5.74, 6) is 6.14. The van der Waals surface area contributed by atoms with Gasteiger partial charge in [-0.15, -0.1) is 15.3 Å². The number of anilines is 1. The molecule has 0 spiro atoms. The van der Waals surface area contributed by atoms with E-state index in [2.05, 4.69) is 51.9 Å². The molecule has 0 amide bonds. The molecule has 0 aliphatic rings. The number of rotatable bonds is 3. The molecule has 18 heavy (non-hydrogen) atoms. The first-order valence-corrected chi connectivity index (χ1v) is 6.31. The monoisotopic (exact) mass is 260 g/mol. The Morgan fingerprint density at radius 1 is 1.28 bits per heavy atom. The van der Waals surface area contributed by atoms with Crippen LogP contribution in [0.5, 0.6) is 0 Å². The zero-order chi connectivity index (χ0) is 12.5. The first kappa shape index (κ1) is 11.1. The van der Waals surface area contributed by atoms with Gasteiger partial charge in [0.2, 0.25) is 10.1 Å². The van der Waals surface area contributed by atoms with Gasteiger partial charge in [-0.2, -0.15) is 4.52 Å². The van der Waals surface area contributed by atoms with Crippen molar-refractivity contribution in [2.45, 2.75) is 13.3 Å². The summed E-state index contributed by atoms with van der Waals surface area (Å²) < 4.78 is 1.72. The molecule has 0 atom stereocenters. The van der Waals surface area contributed by atoms with Crippen LogP contribution in [0.2, 0.25) is 0 Å². The van der Waals surface area contributed by atoms with E-state index in [9.17, 15) is 0 Å². The first-order chi connectivity index (χ1) is 8.76. The number of nitrogens with two attached hydrogens (primary N) is 1. The molecule has 7 heteroatoms. The maximum Gasteiger partial charge on any atom is 0.236 e. The summed E-state index contributed by atoms with van der Waals surface area (Å²) in [6.45, 7) is 2.07. The number of nitrogen functional groups attached to an aromatic ring is 1. The van der Waals surface area contributed by atoms with Crippen molar-refractivity contribution in [3.63, 3.8) is 0 Å². The molecule has 0 aliphatic carbocycles. The number of benzene rings is 1. The molecule has 0 saturated heterocycles. The largest absolute Gasteiger partial charge is 0.298 e. The van der Waals surface area contributed by atoms with E-state index in [0.29, 0.717) is 11.6 Å². The Balaban J connectivity index is 1.94. The third kappa shape index (κ3) is 1.93.